The number of nitrogens with two attached hydrogens (primary N) is 1. The number of hydrogen-bond donors (Lipinski definition) is 1. The first-order valence-electron chi connectivity index (χ1n) is 6.74. The number of nitrogens with zero attached hydrogens (tertiary/aromatic N) is 3. The van der Waals surface area contributed by atoms with Crippen LogP contribution < -0.4 is 5.73 Å². The number of amides is 1. The van der Waals surface area contributed by atoms with E-state index in [2.05, 4.69) is 18.9 Å². The van der Waals surface area contributed by atoms with Crippen LogP contribution >= 0.6 is 0 Å². The number of hydrogen-bond acceptors (Lipinski definition) is 3. The summed E-state index contributed by atoms with van der Waals surface area (Å²) in [5.74, 6) is 0.164. The van der Waals surface area contributed by atoms with Gasteiger partial charge < -0.3 is 10.6 Å². The zero-order valence-electron chi connectivity index (χ0n) is 11.2. The van der Waals surface area contributed by atoms with E-state index in [1.54, 1.807) is 0 Å². The molecule has 1 aliphatic heterocycles. The molecule has 1 amide bonds. The number of likely N-dealkylation sites (tertiary alicyclic amines) is 1. The zero-order chi connectivity index (χ0) is 13.1. The van der Waals surface area contributed by atoms with Gasteiger partial charge in [-0.1, -0.05) is 13.8 Å². The fourth-order valence-corrected chi connectivity index (χ4v) is 2.63. The molecular formula is C13H22N4O. The van der Waals surface area contributed by atoms with E-state index in [0.717, 1.165) is 31.5 Å². The van der Waals surface area contributed by atoms with Crippen LogP contribution in [0.15, 0.2) is 12.4 Å². The molecule has 2 unspecified atom stereocenters. The minimum absolute atomic E-state index is 0.00283. The van der Waals surface area contributed by atoms with Gasteiger partial charge in [-0.05, 0) is 12.8 Å². The summed E-state index contributed by atoms with van der Waals surface area (Å²) in [6.45, 7) is 5.88. The van der Waals surface area contributed by atoms with Crippen molar-refractivity contribution >= 4 is 5.91 Å². The van der Waals surface area contributed by atoms with E-state index in [1.807, 2.05) is 22.0 Å². The molecule has 1 aliphatic rings. The summed E-state index contributed by atoms with van der Waals surface area (Å²) in [5.41, 5.74) is 7.17. The molecule has 0 aromatic carbocycles. The molecule has 0 radical (unpaired) electrons. The van der Waals surface area contributed by atoms with Gasteiger partial charge in [0.1, 0.15) is 0 Å². The standard InChI is InChI=1S/C13H22N4O/c1-3-5-16-9-10(8-15-16)13-11(14)7-12(18)17(13)6-4-2/h8-9,11,13H,3-7,14H2,1-2H3. The first-order chi connectivity index (χ1) is 8.67. The highest BCUT2D eigenvalue weighted by Gasteiger charge is 2.38. The van der Waals surface area contributed by atoms with Crippen LogP contribution in [-0.2, 0) is 11.3 Å². The summed E-state index contributed by atoms with van der Waals surface area (Å²) in [5, 5.41) is 4.33. The Morgan fingerprint density at radius 1 is 1.39 bits per heavy atom. The topological polar surface area (TPSA) is 64.2 Å². The molecule has 1 fully saturated rings. The Labute approximate surface area is 108 Å². The van der Waals surface area contributed by atoms with Gasteiger partial charge in [0.15, 0.2) is 0 Å². The average Bonchev–Trinajstić information content (AvgIpc) is 2.86. The van der Waals surface area contributed by atoms with Gasteiger partial charge in [0, 0.05) is 37.3 Å². The molecule has 2 rings (SSSR count). The lowest BCUT2D eigenvalue weighted by Gasteiger charge is -2.25. The zero-order valence-corrected chi connectivity index (χ0v) is 11.2. The molecule has 1 saturated heterocycles. The van der Waals surface area contributed by atoms with E-state index in [1.165, 1.54) is 0 Å². The monoisotopic (exact) mass is 250 g/mol. The van der Waals surface area contributed by atoms with Crippen LogP contribution in [0.3, 0.4) is 0 Å². The maximum Gasteiger partial charge on any atom is 0.224 e. The number of aromatic nitrogens is 2. The SMILES string of the molecule is CCCN1C(=O)CC(N)C1c1cnn(CCC)c1. The maximum absolute atomic E-state index is 11.9. The summed E-state index contributed by atoms with van der Waals surface area (Å²) < 4.78 is 1.93. The van der Waals surface area contributed by atoms with Gasteiger partial charge in [0.2, 0.25) is 5.91 Å². The molecule has 2 N–H and O–H groups in total. The maximum atomic E-state index is 11.9. The van der Waals surface area contributed by atoms with Crippen molar-refractivity contribution in [3.63, 3.8) is 0 Å². The Balaban J connectivity index is 2.20. The van der Waals surface area contributed by atoms with Crippen molar-refractivity contribution in [1.82, 2.24) is 14.7 Å². The summed E-state index contributed by atoms with van der Waals surface area (Å²) in [6.07, 6.45) is 6.33. The molecule has 1 aromatic rings. The van der Waals surface area contributed by atoms with E-state index in [-0.39, 0.29) is 18.0 Å². The summed E-state index contributed by atoms with van der Waals surface area (Å²) in [7, 11) is 0. The number of rotatable bonds is 5. The fraction of sp³-hybridized carbons (Fsp3) is 0.692. The Hall–Kier alpha value is -1.36. The second-order valence-corrected chi connectivity index (χ2v) is 4.94. The second kappa shape index (κ2) is 5.52. The third-order valence-electron chi connectivity index (χ3n) is 3.38. The highest BCUT2D eigenvalue weighted by atomic mass is 16.2. The molecule has 5 heteroatoms. The lowest BCUT2D eigenvalue weighted by Crippen LogP contribution is -2.33. The van der Waals surface area contributed by atoms with E-state index in [9.17, 15) is 4.79 Å². The van der Waals surface area contributed by atoms with Crippen LogP contribution in [0, 0.1) is 0 Å². The minimum Gasteiger partial charge on any atom is -0.334 e. The summed E-state index contributed by atoms with van der Waals surface area (Å²) >= 11 is 0. The minimum atomic E-state index is -0.108. The Morgan fingerprint density at radius 3 is 2.78 bits per heavy atom. The first-order valence-corrected chi connectivity index (χ1v) is 6.74. The predicted octanol–water partition coefficient (Wildman–Crippen LogP) is 1.30. The quantitative estimate of drug-likeness (QED) is 0.856. The van der Waals surface area contributed by atoms with Crippen molar-refractivity contribution in [2.45, 2.75) is 51.7 Å². The predicted molar refractivity (Wildman–Crippen MR) is 69.9 cm³/mol. The molecule has 0 bridgehead atoms. The van der Waals surface area contributed by atoms with Gasteiger partial charge in [-0.2, -0.15) is 5.10 Å². The Bertz CT molecular complexity index is 415. The number of carbonyl (C=O) groups is 1. The third-order valence-corrected chi connectivity index (χ3v) is 3.38. The van der Waals surface area contributed by atoms with Gasteiger partial charge in [-0.25, -0.2) is 0 Å². The highest BCUT2D eigenvalue weighted by molar-refractivity contribution is 5.80. The fourth-order valence-electron chi connectivity index (χ4n) is 2.63. The van der Waals surface area contributed by atoms with Crippen molar-refractivity contribution in [2.24, 2.45) is 5.73 Å². The molecule has 18 heavy (non-hydrogen) atoms. The van der Waals surface area contributed by atoms with E-state index in [4.69, 9.17) is 5.73 Å². The normalized spacial score (nSPS) is 23.9. The van der Waals surface area contributed by atoms with Crippen LogP contribution in [0.1, 0.15) is 44.7 Å². The Morgan fingerprint density at radius 2 is 2.11 bits per heavy atom. The van der Waals surface area contributed by atoms with Crippen molar-refractivity contribution < 1.29 is 4.79 Å². The van der Waals surface area contributed by atoms with Crippen molar-refractivity contribution in [3.8, 4) is 0 Å². The molecule has 1 aromatic heterocycles. The van der Waals surface area contributed by atoms with Crippen molar-refractivity contribution in [1.29, 1.82) is 0 Å². The smallest absolute Gasteiger partial charge is 0.224 e. The van der Waals surface area contributed by atoms with Gasteiger partial charge in [-0.15, -0.1) is 0 Å². The van der Waals surface area contributed by atoms with Gasteiger partial charge in [-0.3, -0.25) is 9.48 Å². The molecule has 2 atom stereocenters. The average molecular weight is 250 g/mol. The Kier molecular flexibility index (Phi) is 4.01. The molecular weight excluding hydrogens is 228 g/mol. The summed E-state index contributed by atoms with van der Waals surface area (Å²) in [6, 6.07) is -0.105. The van der Waals surface area contributed by atoms with Crippen LogP contribution in [-0.4, -0.2) is 33.2 Å². The third kappa shape index (κ3) is 2.41. The summed E-state index contributed by atoms with van der Waals surface area (Å²) in [4.78, 5) is 13.8. The van der Waals surface area contributed by atoms with Gasteiger partial charge in [0.05, 0.1) is 12.2 Å². The first kappa shape index (κ1) is 13.1. The van der Waals surface area contributed by atoms with E-state index >= 15 is 0 Å². The molecule has 2 heterocycles. The van der Waals surface area contributed by atoms with E-state index in [0.29, 0.717) is 6.42 Å². The molecule has 0 spiro atoms. The largest absolute Gasteiger partial charge is 0.334 e. The molecule has 100 valence electrons. The molecule has 0 aliphatic carbocycles. The number of carbonyl (C=O) groups excluding carboxylic acids is 1. The van der Waals surface area contributed by atoms with Gasteiger partial charge in [0.25, 0.3) is 0 Å². The van der Waals surface area contributed by atoms with Gasteiger partial charge >= 0.3 is 0 Å². The van der Waals surface area contributed by atoms with E-state index < -0.39 is 0 Å². The highest BCUT2D eigenvalue weighted by Crippen LogP contribution is 2.31. The number of aryl methyl sites for hydroxylation is 1. The molecule has 0 saturated carbocycles. The van der Waals surface area contributed by atoms with Crippen molar-refractivity contribution in [3.05, 3.63) is 18.0 Å². The second-order valence-electron chi connectivity index (χ2n) is 4.94. The lowest BCUT2D eigenvalue weighted by atomic mass is 10.0. The van der Waals surface area contributed by atoms with Crippen molar-refractivity contribution in [2.75, 3.05) is 6.54 Å². The van der Waals surface area contributed by atoms with Crippen LogP contribution in [0.4, 0.5) is 0 Å². The molecule has 5 nitrogen and oxygen atoms in total. The van der Waals surface area contributed by atoms with Crippen LogP contribution in [0.25, 0.3) is 0 Å². The lowest BCUT2D eigenvalue weighted by molar-refractivity contribution is -0.129. The van der Waals surface area contributed by atoms with Crippen LogP contribution in [0.2, 0.25) is 0 Å². The van der Waals surface area contributed by atoms with Crippen LogP contribution in [0.5, 0.6) is 0 Å².